The lowest BCUT2D eigenvalue weighted by Crippen LogP contribution is -2.26. The lowest BCUT2D eigenvalue weighted by Gasteiger charge is -2.14. The topological polar surface area (TPSA) is 71.0 Å². The second kappa shape index (κ2) is 8.87. The standard InChI is InChI=1S/C14H23NO4/c1-18-10-12(16)7-8-15-9-14(17)11-3-5-13(19-2)6-4-11/h3-6,12,14-17H,7-10H2,1-2H3. The first-order valence-electron chi connectivity index (χ1n) is 6.37. The zero-order valence-electron chi connectivity index (χ0n) is 11.5. The van der Waals surface area contributed by atoms with Crippen molar-refractivity contribution in [3.8, 4) is 5.75 Å². The number of benzene rings is 1. The van der Waals surface area contributed by atoms with Gasteiger partial charge in [0.15, 0.2) is 0 Å². The third kappa shape index (κ3) is 6.02. The molecule has 1 rings (SSSR count). The molecule has 5 nitrogen and oxygen atoms in total. The molecule has 0 spiro atoms. The van der Waals surface area contributed by atoms with Crippen molar-refractivity contribution >= 4 is 0 Å². The van der Waals surface area contributed by atoms with Crippen molar-refractivity contribution in [3.05, 3.63) is 29.8 Å². The molecule has 19 heavy (non-hydrogen) atoms. The molecule has 1 aromatic rings. The predicted molar refractivity (Wildman–Crippen MR) is 73.3 cm³/mol. The van der Waals surface area contributed by atoms with Crippen LogP contribution in [0.3, 0.4) is 0 Å². The summed E-state index contributed by atoms with van der Waals surface area (Å²) >= 11 is 0. The van der Waals surface area contributed by atoms with Crippen LogP contribution in [0.4, 0.5) is 0 Å². The van der Waals surface area contributed by atoms with Crippen LogP contribution in [0, 0.1) is 0 Å². The van der Waals surface area contributed by atoms with Crippen molar-refractivity contribution in [1.82, 2.24) is 5.32 Å². The molecule has 0 saturated carbocycles. The van der Waals surface area contributed by atoms with E-state index in [1.54, 1.807) is 14.2 Å². The fraction of sp³-hybridized carbons (Fsp3) is 0.571. The summed E-state index contributed by atoms with van der Waals surface area (Å²) in [6.07, 6.45) is -0.426. The van der Waals surface area contributed by atoms with Crippen molar-refractivity contribution in [1.29, 1.82) is 0 Å². The summed E-state index contributed by atoms with van der Waals surface area (Å²) in [4.78, 5) is 0. The van der Waals surface area contributed by atoms with Gasteiger partial charge in [-0.1, -0.05) is 12.1 Å². The van der Waals surface area contributed by atoms with E-state index in [-0.39, 0.29) is 0 Å². The average molecular weight is 269 g/mol. The van der Waals surface area contributed by atoms with Crippen LogP contribution in [0.25, 0.3) is 0 Å². The minimum absolute atomic E-state index is 0.336. The Kier molecular flexibility index (Phi) is 7.43. The maximum absolute atomic E-state index is 9.96. The van der Waals surface area contributed by atoms with Gasteiger partial charge >= 0.3 is 0 Å². The van der Waals surface area contributed by atoms with Crippen LogP contribution >= 0.6 is 0 Å². The summed E-state index contributed by atoms with van der Waals surface area (Å²) in [5.41, 5.74) is 0.839. The number of rotatable bonds is 9. The summed E-state index contributed by atoms with van der Waals surface area (Å²) in [5.74, 6) is 0.770. The van der Waals surface area contributed by atoms with Gasteiger partial charge in [0.25, 0.3) is 0 Å². The van der Waals surface area contributed by atoms with Gasteiger partial charge in [-0.3, -0.25) is 0 Å². The Labute approximate surface area is 114 Å². The fourth-order valence-corrected chi connectivity index (χ4v) is 1.73. The van der Waals surface area contributed by atoms with Crippen LogP contribution in [0.5, 0.6) is 5.75 Å². The molecule has 1 aromatic carbocycles. The molecule has 0 saturated heterocycles. The van der Waals surface area contributed by atoms with E-state index in [0.717, 1.165) is 11.3 Å². The Morgan fingerprint density at radius 3 is 2.42 bits per heavy atom. The van der Waals surface area contributed by atoms with E-state index in [0.29, 0.717) is 26.1 Å². The summed E-state index contributed by atoms with van der Waals surface area (Å²) in [5, 5.41) is 22.5. The first kappa shape index (κ1) is 15.9. The number of ether oxygens (including phenoxy) is 2. The minimum atomic E-state index is -0.564. The molecule has 0 radical (unpaired) electrons. The number of hydrogen-bond acceptors (Lipinski definition) is 5. The highest BCUT2D eigenvalue weighted by atomic mass is 16.5. The molecule has 0 aliphatic carbocycles. The molecule has 0 aromatic heterocycles. The van der Waals surface area contributed by atoms with Crippen LogP contribution in [0.15, 0.2) is 24.3 Å². The van der Waals surface area contributed by atoms with Gasteiger partial charge in [-0.05, 0) is 30.7 Å². The van der Waals surface area contributed by atoms with Gasteiger partial charge in [-0.25, -0.2) is 0 Å². The predicted octanol–water partition coefficient (Wildman–Crippen LogP) is 0.716. The van der Waals surface area contributed by atoms with Crippen molar-refractivity contribution < 1.29 is 19.7 Å². The summed E-state index contributed by atoms with van der Waals surface area (Å²) < 4.78 is 9.89. The first-order chi connectivity index (χ1) is 9.17. The van der Waals surface area contributed by atoms with Crippen LogP contribution in [-0.4, -0.2) is 50.2 Å². The lowest BCUT2D eigenvalue weighted by atomic mass is 10.1. The maximum Gasteiger partial charge on any atom is 0.118 e. The van der Waals surface area contributed by atoms with Crippen LogP contribution in [0.2, 0.25) is 0 Å². The van der Waals surface area contributed by atoms with Crippen LogP contribution in [-0.2, 0) is 4.74 Å². The van der Waals surface area contributed by atoms with Crippen molar-refractivity contribution in [2.45, 2.75) is 18.6 Å². The number of hydrogen-bond donors (Lipinski definition) is 3. The van der Waals surface area contributed by atoms with Gasteiger partial charge in [0.05, 0.1) is 25.9 Å². The van der Waals surface area contributed by atoms with E-state index < -0.39 is 12.2 Å². The van der Waals surface area contributed by atoms with E-state index in [1.165, 1.54) is 0 Å². The number of aliphatic hydroxyl groups is 2. The van der Waals surface area contributed by atoms with Gasteiger partial charge in [0.1, 0.15) is 5.75 Å². The van der Waals surface area contributed by atoms with Gasteiger partial charge in [-0.15, -0.1) is 0 Å². The summed E-state index contributed by atoms with van der Waals surface area (Å²) in [6.45, 7) is 1.42. The monoisotopic (exact) mass is 269 g/mol. The second-order valence-electron chi connectivity index (χ2n) is 4.39. The third-order valence-corrected chi connectivity index (χ3v) is 2.85. The Morgan fingerprint density at radius 1 is 1.16 bits per heavy atom. The van der Waals surface area contributed by atoms with Gasteiger partial charge in [-0.2, -0.15) is 0 Å². The highest BCUT2D eigenvalue weighted by Gasteiger charge is 2.08. The third-order valence-electron chi connectivity index (χ3n) is 2.85. The van der Waals surface area contributed by atoms with Gasteiger partial charge < -0.3 is 25.0 Å². The Hall–Kier alpha value is -1.14. The minimum Gasteiger partial charge on any atom is -0.497 e. The molecule has 0 fully saturated rings. The molecule has 3 N–H and O–H groups in total. The summed E-state index contributed by atoms with van der Waals surface area (Å²) in [6, 6.07) is 7.32. The molecule has 108 valence electrons. The Morgan fingerprint density at radius 2 is 1.84 bits per heavy atom. The largest absolute Gasteiger partial charge is 0.497 e. The zero-order valence-corrected chi connectivity index (χ0v) is 11.5. The smallest absolute Gasteiger partial charge is 0.118 e. The molecule has 0 amide bonds. The molecule has 0 bridgehead atoms. The average Bonchev–Trinajstić information content (AvgIpc) is 2.44. The highest BCUT2D eigenvalue weighted by molar-refractivity contribution is 5.28. The highest BCUT2D eigenvalue weighted by Crippen LogP contribution is 2.16. The Balaban J connectivity index is 2.24. The van der Waals surface area contributed by atoms with E-state index in [2.05, 4.69) is 5.32 Å². The van der Waals surface area contributed by atoms with Gasteiger partial charge in [0.2, 0.25) is 0 Å². The fourth-order valence-electron chi connectivity index (χ4n) is 1.73. The maximum atomic E-state index is 9.96. The second-order valence-corrected chi connectivity index (χ2v) is 4.39. The van der Waals surface area contributed by atoms with Crippen molar-refractivity contribution in [3.63, 3.8) is 0 Å². The molecular weight excluding hydrogens is 246 g/mol. The first-order valence-corrected chi connectivity index (χ1v) is 6.37. The van der Waals surface area contributed by atoms with E-state index in [1.807, 2.05) is 24.3 Å². The molecule has 0 aliphatic heterocycles. The van der Waals surface area contributed by atoms with Crippen LogP contribution in [0.1, 0.15) is 18.1 Å². The SMILES string of the molecule is COCC(O)CCNCC(O)c1ccc(OC)cc1. The van der Waals surface area contributed by atoms with Crippen LogP contribution < -0.4 is 10.1 Å². The quantitative estimate of drug-likeness (QED) is 0.576. The summed E-state index contributed by atoms with van der Waals surface area (Å²) in [7, 11) is 3.17. The van der Waals surface area contributed by atoms with E-state index in [9.17, 15) is 10.2 Å². The Bertz CT molecular complexity index is 342. The number of aliphatic hydroxyl groups excluding tert-OH is 2. The van der Waals surface area contributed by atoms with E-state index in [4.69, 9.17) is 9.47 Å². The zero-order chi connectivity index (χ0) is 14.1. The molecule has 2 unspecified atom stereocenters. The number of methoxy groups -OCH3 is 2. The van der Waals surface area contributed by atoms with Gasteiger partial charge in [0, 0.05) is 13.7 Å². The molecule has 5 heteroatoms. The lowest BCUT2D eigenvalue weighted by molar-refractivity contribution is 0.0586. The van der Waals surface area contributed by atoms with E-state index >= 15 is 0 Å². The van der Waals surface area contributed by atoms with Crippen molar-refractivity contribution in [2.24, 2.45) is 0 Å². The molecule has 0 aliphatic rings. The molecule has 2 atom stereocenters. The van der Waals surface area contributed by atoms with Crippen molar-refractivity contribution in [2.75, 3.05) is 33.9 Å². The number of nitrogens with one attached hydrogen (secondary N) is 1. The normalized spacial score (nSPS) is 14.1. The molecular formula is C14H23NO4. The molecule has 0 heterocycles.